The van der Waals surface area contributed by atoms with E-state index in [2.05, 4.69) is 0 Å². The van der Waals surface area contributed by atoms with Crippen molar-refractivity contribution in [2.75, 3.05) is 18.1 Å². The maximum absolute atomic E-state index is 12.9. The van der Waals surface area contributed by atoms with Gasteiger partial charge >= 0.3 is 0 Å². The number of hydrogen-bond donors (Lipinski definition) is 0. The highest BCUT2D eigenvalue weighted by Crippen LogP contribution is 2.31. The van der Waals surface area contributed by atoms with Crippen LogP contribution in [-0.4, -0.2) is 19.1 Å². The molecule has 0 saturated heterocycles. The monoisotopic (exact) mass is 281 g/mol. The predicted molar refractivity (Wildman–Crippen MR) is 84.2 cm³/mol. The van der Waals surface area contributed by atoms with Crippen LogP contribution in [0.2, 0.25) is 0 Å². The number of para-hydroxylation sites is 2. The number of fused-ring (bicyclic) bond motifs is 1. The maximum Gasteiger partial charge on any atom is 0.262 e. The van der Waals surface area contributed by atoms with E-state index in [9.17, 15) is 4.79 Å². The molecule has 0 saturated carbocycles. The summed E-state index contributed by atoms with van der Waals surface area (Å²) in [7, 11) is 0. The number of ether oxygens (including phenoxy) is 1. The third kappa shape index (κ3) is 2.40. The van der Waals surface area contributed by atoms with Crippen LogP contribution in [0.5, 0.6) is 5.75 Å². The van der Waals surface area contributed by atoms with Gasteiger partial charge in [0.2, 0.25) is 0 Å². The fraction of sp³-hybridized carbons (Fsp3) is 0.278. The SMILES string of the molecule is CCN(C(=O)c1cccc2c1OCC2)c1ccccc1C. The van der Waals surface area contributed by atoms with Crippen molar-refractivity contribution in [1.29, 1.82) is 0 Å². The molecule has 1 amide bonds. The number of rotatable bonds is 3. The normalized spacial score (nSPS) is 12.7. The highest BCUT2D eigenvalue weighted by molar-refractivity contribution is 6.08. The number of aryl methyl sites for hydroxylation is 1. The van der Waals surface area contributed by atoms with Crippen LogP contribution in [0.15, 0.2) is 42.5 Å². The Labute approximate surface area is 125 Å². The van der Waals surface area contributed by atoms with Crippen LogP contribution in [-0.2, 0) is 6.42 Å². The number of carbonyl (C=O) groups excluding carboxylic acids is 1. The van der Waals surface area contributed by atoms with Crippen LogP contribution >= 0.6 is 0 Å². The molecule has 0 atom stereocenters. The molecule has 0 spiro atoms. The van der Waals surface area contributed by atoms with Gasteiger partial charge in [-0.1, -0.05) is 30.3 Å². The van der Waals surface area contributed by atoms with Gasteiger partial charge in [-0.15, -0.1) is 0 Å². The molecule has 0 unspecified atom stereocenters. The van der Waals surface area contributed by atoms with Crippen molar-refractivity contribution in [3.05, 3.63) is 59.2 Å². The van der Waals surface area contributed by atoms with Crippen molar-refractivity contribution < 1.29 is 9.53 Å². The summed E-state index contributed by atoms with van der Waals surface area (Å²) in [5, 5.41) is 0. The van der Waals surface area contributed by atoms with Crippen molar-refractivity contribution in [1.82, 2.24) is 0 Å². The van der Waals surface area contributed by atoms with E-state index >= 15 is 0 Å². The molecule has 3 heteroatoms. The minimum absolute atomic E-state index is 0.00514. The van der Waals surface area contributed by atoms with Crippen molar-refractivity contribution in [3.63, 3.8) is 0 Å². The van der Waals surface area contributed by atoms with E-state index in [0.717, 1.165) is 29.0 Å². The molecule has 2 aromatic carbocycles. The zero-order valence-electron chi connectivity index (χ0n) is 12.4. The number of hydrogen-bond acceptors (Lipinski definition) is 2. The van der Waals surface area contributed by atoms with E-state index in [1.54, 1.807) is 0 Å². The lowest BCUT2D eigenvalue weighted by atomic mass is 10.1. The predicted octanol–water partition coefficient (Wildman–Crippen LogP) is 3.60. The number of anilines is 1. The molecule has 0 aliphatic carbocycles. The summed E-state index contributed by atoms with van der Waals surface area (Å²) in [6, 6.07) is 13.8. The third-order valence-electron chi connectivity index (χ3n) is 3.91. The minimum Gasteiger partial charge on any atom is -0.492 e. The van der Waals surface area contributed by atoms with Crippen LogP contribution in [0.25, 0.3) is 0 Å². The van der Waals surface area contributed by atoms with Gasteiger partial charge in [-0.2, -0.15) is 0 Å². The van der Waals surface area contributed by atoms with Crippen LogP contribution in [0.1, 0.15) is 28.4 Å². The van der Waals surface area contributed by atoms with Gasteiger partial charge in [0.15, 0.2) is 0 Å². The lowest BCUT2D eigenvalue weighted by molar-refractivity contribution is 0.0985. The van der Waals surface area contributed by atoms with Gasteiger partial charge in [-0.3, -0.25) is 4.79 Å². The molecule has 1 aliphatic rings. The summed E-state index contributed by atoms with van der Waals surface area (Å²) in [6.07, 6.45) is 0.882. The summed E-state index contributed by atoms with van der Waals surface area (Å²) in [5.41, 5.74) is 3.85. The van der Waals surface area contributed by atoms with Crippen molar-refractivity contribution in [2.45, 2.75) is 20.3 Å². The Hall–Kier alpha value is -2.29. The van der Waals surface area contributed by atoms with E-state index in [-0.39, 0.29) is 5.91 Å². The Morgan fingerprint density at radius 3 is 2.76 bits per heavy atom. The second-order valence-corrected chi connectivity index (χ2v) is 5.23. The quantitative estimate of drug-likeness (QED) is 0.860. The van der Waals surface area contributed by atoms with Crippen molar-refractivity contribution in [2.24, 2.45) is 0 Å². The number of carbonyl (C=O) groups is 1. The van der Waals surface area contributed by atoms with E-state index < -0.39 is 0 Å². The Balaban J connectivity index is 2.01. The van der Waals surface area contributed by atoms with Gasteiger partial charge in [0, 0.05) is 18.7 Å². The van der Waals surface area contributed by atoms with Gasteiger partial charge < -0.3 is 9.64 Å². The van der Waals surface area contributed by atoms with Gasteiger partial charge in [0.1, 0.15) is 5.75 Å². The summed E-state index contributed by atoms with van der Waals surface area (Å²) in [5.74, 6) is 0.764. The van der Waals surface area contributed by atoms with Crippen LogP contribution in [0, 0.1) is 6.92 Å². The lowest BCUT2D eigenvalue weighted by Crippen LogP contribution is -2.31. The first-order valence-corrected chi connectivity index (χ1v) is 7.34. The number of benzene rings is 2. The molecule has 2 aromatic rings. The largest absolute Gasteiger partial charge is 0.492 e. The summed E-state index contributed by atoms with van der Waals surface area (Å²) in [6.45, 7) is 5.31. The standard InChI is InChI=1S/C18H19NO2/c1-3-19(16-10-5-4-7-13(16)2)18(20)15-9-6-8-14-11-12-21-17(14)15/h4-10H,3,11-12H2,1-2H3. The van der Waals surface area contributed by atoms with Gasteiger partial charge in [-0.25, -0.2) is 0 Å². The van der Waals surface area contributed by atoms with Crippen LogP contribution < -0.4 is 9.64 Å². The molecule has 3 nitrogen and oxygen atoms in total. The van der Waals surface area contributed by atoms with Crippen LogP contribution in [0.4, 0.5) is 5.69 Å². The lowest BCUT2D eigenvalue weighted by Gasteiger charge is -2.23. The van der Waals surface area contributed by atoms with Gasteiger partial charge in [-0.05, 0) is 37.1 Å². The Kier molecular flexibility index (Phi) is 3.65. The first-order chi connectivity index (χ1) is 10.2. The van der Waals surface area contributed by atoms with E-state index in [4.69, 9.17) is 4.74 Å². The average Bonchev–Trinajstić information content (AvgIpc) is 2.98. The first kappa shape index (κ1) is 13.7. The molecule has 21 heavy (non-hydrogen) atoms. The fourth-order valence-electron chi connectivity index (χ4n) is 2.82. The molecular formula is C18H19NO2. The molecule has 3 rings (SSSR count). The number of nitrogens with zero attached hydrogens (tertiary/aromatic N) is 1. The van der Waals surface area contributed by atoms with Gasteiger partial charge in [0.25, 0.3) is 5.91 Å². The Morgan fingerprint density at radius 1 is 1.19 bits per heavy atom. The van der Waals surface area contributed by atoms with E-state index in [1.165, 1.54) is 0 Å². The summed E-state index contributed by atoms with van der Waals surface area (Å²) in [4.78, 5) is 14.7. The average molecular weight is 281 g/mol. The second kappa shape index (κ2) is 5.60. The molecule has 1 aliphatic heterocycles. The molecule has 0 radical (unpaired) electrons. The molecular weight excluding hydrogens is 262 g/mol. The minimum atomic E-state index is 0.00514. The van der Waals surface area contributed by atoms with E-state index in [1.807, 2.05) is 61.2 Å². The molecule has 1 heterocycles. The Morgan fingerprint density at radius 2 is 2.00 bits per heavy atom. The molecule has 0 bridgehead atoms. The van der Waals surface area contributed by atoms with Crippen LogP contribution in [0.3, 0.4) is 0 Å². The zero-order valence-corrected chi connectivity index (χ0v) is 12.4. The highest BCUT2D eigenvalue weighted by Gasteiger charge is 2.24. The van der Waals surface area contributed by atoms with Crippen molar-refractivity contribution in [3.8, 4) is 5.75 Å². The third-order valence-corrected chi connectivity index (χ3v) is 3.91. The molecule has 0 N–H and O–H groups in total. The topological polar surface area (TPSA) is 29.5 Å². The second-order valence-electron chi connectivity index (χ2n) is 5.23. The smallest absolute Gasteiger partial charge is 0.262 e. The first-order valence-electron chi connectivity index (χ1n) is 7.34. The van der Waals surface area contributed by atoms with E-state index in [0.29, 0.717) is 18.7 Å². The van der Waals surface area contributed by atoms with Gasteiger partial charge in [0.05, 0.1) is 12.2 Å². The molecule has 0 fully saturated rings. The highest BCUT2D eigenvalue weighted by atomic mass is 16.5. The molecule has 0 aromatic heterocycles. The maximum atomic E-state index is 12.9. The Bertz CT molecular complexity index is 679. The zero-order chi connectivity index (χ0) is 14.8. The summed E-state index contributed by atoms with van der Waals surface area (Å²) >= 11 is 0. The molecule has 108 valence electrons. The number of amides is 1. The van der Waals surface area contributed by atoms with Crippen molar-refractivity contribution >= 4 is 11.6 Å². The fourth-order valence-corrected chi connectivity index (χ4v) is 2.82. The summed E-state index contributed by atoms with van der Waals surface area (Å²) < 4.78 is 5.66.